The SMILES string of the molecule is CCCCCCC#Cc1ccc(Cl)cc1. The van der Waals surface area contributed by atoms with E-state index in [0.29, 0.717) is 0 Å². The van der Waals surface area contributed by atoms with Crippen LogP contribution in [0, 0.1) is 11.8 Å². The molecule has 0 radical (unpaired) electrons. The zero-order chi connectivity index (χ0) is 10.9. The van der Waals surface area contributed by atoms with Gasteiger partial charge in [-0.05, 0) is 30.7 Å². The van der Waals surface area contributed by atoms with Crippen LogP contribution in [0.4, 0.5) is 0 Å². The summed E-state index contributed by atoms with van der Waals surface area (Å²) in [4.78, 5) is 0. The molecule has 0 aliphatic heterocycles. The molecule has 0 N–H and O–H groups in total. The van der Waals surface area contributed by atoms with Crippen LogP contribution < -0.4 is 0 Å². The Labute approximate surface area is 97.7 Å². The van der Waals surface area contributed by atoms with Crippen LogP contribution in [0.5, 0.6) is 0 Å². The largest absolute Gasteiger partial charge is 0.0979 e. The highest BCUT2D eigenvalue weighted by Gasteiger charge is 1.87. The molecule has 1 heteroatoms. The van der Waals surface area contributed by atoms with Gasteiger partial charge in [-0.25, -0.2) is 0 Å². The van der Waals surface area contributed by atoms with Crippen molar-refractivity contribution < 1.29 is 0 Å². The van der Waals surface area contributed by atoms with Gasteiger partial charge in [-0.3, -0.25) is 0 Å². The maximum absolute atomic E-state index is 5.78. The van der Waals surface area contributed by atoms with Gasteiger partial charge in [0.15, 0.2) is 0 Å². The quantitative estimate of drug-likeness (QED) is 0.511. The molecule has 0 nitrogen and oxygen atoms in total. The summed E-state index contributed by atoms with van der Waals surface area (Å²) in [6, 6.07) is 7.67. The van der Waals surface area contributed by atoms with Gasteiger partial charge in [0.1, 0.15) is 0 Å². The number of rotatable bonds is 4. The van der Waals surface area contributed by atoms with Gasteiger partial charge in [-0.2, -0.15) is 0 Å². The van der Waals surface area contributed by atoms with Crippen LogP contribution in [0.2, 0.25) is 5.02 Å². The van der Waals surface area contributed by atoms with Crippen LogP contribution in [0.3, 0.4) is 0 Å². The van der Waals surface area contributed by atoms with E-state index in [9.17, 15) is 0 Å². The Morgan fingerprint density at radius 1 is 1.07 bits per heavy atom. The molecule has 0 aliphatic carbocycles. The number of hydrogen-bond acceptors (Lipinski definition) is 0. The van der Waals surface area contributed by atoms with E-state index in [2.05, 4.69) is 18.8 Å². The lowest BCUT2D eigenvalue weighted by atomic mass is 10.1. The van der Waals surface area contributed by atoms with E-state index in [1.807, 2.05) is 24.3 Å². The van der Waals surface area contributed by atoms with E-state index < -0.39 is 0 Å². The summed E-state index contributed by atoms with van der Waals surface area (Å²) in [5.74, 6) is 6.33. The van der Waals surface area contributed by atoms with E-state index in [1.165, 1.54) is 25.7 Å². The molecule has 0 amide bonds. The van der Waals surface area contributed by atoms with Crippen molar-refractivity contribution in [3.05, 3.63) is 34.9 Å². The smallest absolute Gasteiger partial charge is 0.0406 e. The van der Waals surface area contributed by atoms with Crippen molar-refractivity contribution in [1.82, 2.24) is 0 Å². The van der Waals surface area contributed by atoms with Gasteiger partial charge < -0.3 is 0 Å². The van der Waals surface area contributed by atoms with Crippen LogP contribution in [0.1, 0.15) is 44.6 Å². The Morgan fingerprint density at radius 2 is 1.80 bits per heavy atom. The lowest BCUT2D eigenvalue weighted by Crippen LogP contribution is -1.75. The van der Waals surface area contributed by atoms with E-state index >= 15 is 0 Å². The molecule has 0 saturated carbocycles. The highest BCUT2D eigenvalue weighted by molar-refractivity contribution is 6.30. The van der Waals surface area contributed by atoms with Crippen LogP contribution in [-0.4, -0.2) is 0 Å². The second kappa shape index (κ2) is 7.37. The first-order valence-corrected chi connectivity index (χ1v) is 5.95. The zero-order valence-corrected chi connectivity index (χ0v) is 9.98. The predicted molar refractivity (Wildman–Crippen MR) is 67.1 cm³/mol. The Kier molecular flexibility index (Phi) is 5.97. The molecule has 0 aliphatic rings. The molecule has 15 heavy (non-hydrogen) atoms. The summed E-state index contributed by atoms with van der Waals surface area (Å²) in [6.07, 6.45) is 6.12. The molecule has 80 valence electrons. The number of halogens is 1. The molecule has 0 bridgehead atoms. The van der Waals surface area contributed by atoms with Crippen molar-refractivity contribution in [3.63, 3.8) is 0 Å². The highest BCUT2D eigenvalue weighted by Crippen LogP contribution is 2.08. The van der Waals surface area contributed by atoms with Gasteiger partial charge in [0.2, 0.25) is 0 Å². The molecule has 0 saturated heterocycles. The van der Waals surface area contributed by atoms with E-state index in [0.717, 1.165) is 17.0 Å². The zero-order valence-electron chi connectivity index (χ0n) is 9.22. The number of unbranched alkanes of at least 4 members (excludes halogenated alkanes) is 4. The van der Waals surface area contributed by atoms with Crippen LogP contribution in [0.15, 0.2) is 24.3 Å². The van der Waals surface area contributed by atoms with Gasteiger partial charge in [0.25, 0.3) is 0 Å². The second-order valence-corrected chi connectivity index (χ2v) is 4.06. The van der Waals surface area contributed by atoms with E-state index in [-0.39, 0.29) is 0 Å². The minimum Gasteiger partial charge on any atom is -0.0979 e. The number of benzene rings is 1. The van der Waals surface area contributed by atoms with Gasteiger partial charge in [-0.15, -0.1) is 0 Å². The molecular formula is C14H17Cl. The predicted octanol–water partition coefficient (Wildman–Crippen LogP) is 4.66. The molecule has 0 fully saturated rings. The Hall–Kier alpha value is -0.930. The molecular weight excluding hydrogens is 204 g/mol. The summed E-state index contributed by atoms with van der Waals surface area (Å²) >= 11 is 5.78. The normalized spacial score (nSPS) is 9.47. The topological polar surface area (TPSA) is 0 Å². The Balaban J connectivity index is 2.28. The van der Waals surface area contributed by atoms with Crippen molar-refractivity contribution >= 4 is 11.6 Å². The molecule has 1 aromatic carbocycles. The monoisotopic (exact) mass is 220 g/mol. The molecule has 0 spiro atoms. The van der Waals surface area contributed by atoms with Crippen LogP contribution >= 0.6 is 11.6 Å². The summed E-state index contributed by atoms with van der Waals surface area (Å²) in [5.41, 5.74) is 1.05. The van der Waals surface area contributed by atoms with Crippen molar-refractivity contribution in [2.45, 2.75) is 39.0 Å². The van der Waals surface area contributed by atoms with Crippen molar-refractivity contribution in [3.8, 4) is 11.8 Å². The maximum Gasteiger partial charge on any atom is 0.0406 e. The molecule has 0 aromatic heterocycles. The maximum atomic E-state index is 5.78. The fourth-order valence-electron chi connectivity index (χ4n) is 1.34. The van der Waals surface area contributed by atoms with Crippen molar-refractivity contribution in [1.29, 1.82) is 0 Å². The minimum absolute atomic E-state index is 0.767. The second-order valence-electron chi connectivity index (χ2n) is 3.62. The number of hydrogen-bond donors (Lipinski definition) is 0. The Bertz CT molecular complexity index is 327. The van der Waals surface area contributed by atoms with Crippen molar-refractivity contribution in [2.75, 3.05) is 0 Å². The summed E-state index contributed by atoms with van der Waals surface area (Å²) in [7, 11) is 0. The van der Waals surface area contributed by atoms with Gasteiger partial charge in [0.05, 0.1) is 0 Å². The fourth-order valence-corrected chi connectivity index (χ4v) is 1.46. The van der Waals surface area contributed by atoms with E-state index in [4.69, 9.17) is 11.6 Å². The first-order chi connectivity index (χ1) is 7.33. The van der Waals surface area contributed by atoms with Crippen molar-refractivity contribution in [2.24, 2.45) is 0 Å². The van der Waals surface area contributed by atoms with E-state index in [1.54, 1.807) is 0 Å². The highest BCUT2D eigenvalue weighted by atomic mass is 35.5. The molecule has 1 rings (SSSR count). The lowest BCUT2D eigenvalue weighted by molar-refractivity contribution is 0.679. The van der Waals surface area contributed by atoms with Gasteiger partial charge in [0, 0.05) is 17.0 Å². The fraction of sp³-hybridized carbons (Fsp3) is 0.429. The first-order valence-electron chi connectivity index (χ1n) is 5.57. The third-order valence-electron chi connectivity index (χ3n) is 2.23. The van der Waals surface area contributed by atoms with Gasteiger partial charge in [-0.1, -0.05) is 49.6 Å². The molecule has 0 heterocycles. The average molecular weight is 221 g/mol. The molecule has 0 atom stereocenters. The van der Waals surface area contributed by atoms with Crippen LogP contribution in [0.25, 0.3) is 0 Å². The summed E-state index contributed by atoms with van der Waals surface area (Å²) < 4.78 is 0. The molecule has 1 aromatic rings. The minimum atomic E-state index is 0.767. The summed E-state index contributed by atoms with van der Waals surface area (Å²) in [5, 5.41) is 0.767. The standard InChI is InChI=1S/C14H17Cl/c1-2-3-4-5-6-7-8-13-9-11-14(15)12-10-13/h9-12H,2-6H2,1H3. The van der Waals surface area contributed by atoms with Crippen LogP contribution in [-0.2, 0) is 0 Å². The summed E-state index contributed by atoms with van der Waals surface area (Å²) in [6.45, 7) is 2.22. The first kappa shape index (κ1) is 12.1. The molecule has 0 unspecified atom stereocenters. The Morgan fingerprint density at radius 3 is 2.47 bits per heavy atom. The lowest BCUT2D eigenvalue weighted by Gasteiger charge is -1.92. The average Bonchev–Trinajstić information content (AvgIpc) is 2.26. The third kappa shape index (κ3) is 5.50. The van der Waals surface area contributed by atoms with Gasteiger partial charge >= 0.3 is 0 Å². The third-order valence-corrected chi connectivity index (χ3v) is 2.48.